The Morgan fingerprint density at radius 3 is 2.41 bits per heavy atom. The van der Waals surface area contributed by atoms with Crippen molar-refractivity contribution in [3.8, 4) is 11.3 Å². The van der Waals surface area contributed by atoms with Gasteiger partial charge in [0.25, 0.3) is 5.91 Å². The van der Waals surface area contributed by atoms with Crippen molar-refractivity contribution in [2.45, 2.75) is 57.7 Å². The summed E-state index contributed by atoms with van der Waals surface area (Å²) in [7, 11) is 0. The fourth-order valence-electron chi connectivity index (χ4n) is 4.69. The molecule has 2 aromatic heterocycles. The molecule has 6 heteroatoms. The van der Waals surface area contributed by atoms with Gasteiger partial charge in [-0.05, 0) is 76.9 Å². The molecule has 1 aliphatic heterocycles. The Bertz CT molecular complexity index is 1040. The minimum atomic E-state index is -0.300. The van der Waals surface area contributed by atoms with Crippen molar-refractivity contribution in [2.24, 2.45) is 0 Å². The van der Waals surface area contributed by atoms with Crippen LogP contribution in [0.5, 0.6) is 0 Å². The van der Waals surface area contributed by atoms with Gasteiger partial charge in [0, 0.05) is 28.9 Å². The van der Waals surface area contributed by atoms with Crippen LogP contribution in [0.1, 0.15) is 51.2 Å². The first-order chi connectivity index (χ1) is 13.6. The van der Waals surface area contributed by atoms with Gasteiger partial charge in [0.2, 0.25) is 5.82 Å². The van der Waals surface area contributed by atoms with E-state index < -0.39 is 0 Å². The van der Waals surface area contributed by atoms with Gasteiger partial charge in [-0.15, -0.1) is 0 Å². The van der Waals surface area contributed by atoms with Crippen LogP contribution < -0.4 is 10.6 Å². The maximum atomic E-state index is 13.3. The number of piperidine rings is 1. The van der Waals surface area contributed by atoms with E-state index in [0.29, 0.717) is 11.5 Å². The zero-order valence-electron chi connectivity index (χ0n) is 17.3. The van der Waals surface area contributed by atoms with Gasteiger partial charge in [-0.1, -0.05) is 6.07 Å². The van der Waals surface area contributed by atoms with Crippen molar-refractivity contribution in [3.05, 3.63) is 60.3 Å². The Kier molecular flexibility index (Phi) is 4.69. The van der Waals surface area contributed by atoms with Gasteiger partial charge < -0.3 is 10.6 Å². The molecule has 0 atom stereocenters. The quantitative estimate of drug-likeness (QED) is 0.701. The Morgan fingerprint density at radius 1 is 1.10 bits per heavy atom. The van der Waals surface area contributed by atoms with E-state index in [0.717, 1.165) is 23.9 Å². The lowest BCUT2D eigenvalue weighted by atomic mass is 9.79. The second-order valence-electron chi connectivity index (χ2n) is 9.22. The molecule has 1 aliphatic rings. The van der Waals surface area contributed by atoms with E-state index in [2.05, 4.69) is 43.3 Å². The molecule has 3 aromatic rings. The fourth-order valence-corrected chi connectivity index (χ4v) is 4.69. The van der Waals surface area contributed by atoms with E-state index in [1.54, 1.807) is 16.5 Å². The van der Waals surface area contributed by atoms with Gasteiger partial charge in [0.15, 0.2) is 0 Å². The van der Waals surface area contributed by atoms with Crippen LogP contribution in [0.15, 0.2) is 48.7 Å². The van der Waals surface area contributed by atoms with Crippen molar-refractivity contribution < 1.29 is 9.18 Å². The van der Waals surface area contributed by atoms with Gasteiger partial charge in [-0.2, -0.15) is 0 Å². The zero-order valence-corrected chi connectivity index (χ0v) is 17.3. The molecule has 0 unspecified atom stereocenters. The first-order valence-corrected chi connectivity index (χ1v) is 9.97. The lowest BCUT2D eigenvalue weighted by molar-refractivity contribution is 0.0862. The third kappa shape index (κ3) is 4.03. The molecule has 1 aromatic carbocycles. The van der Waals surface area contributed by atoms with Gasteiger partial charge in [0.05, 0.1) is 11.2 Å². The summed E-state index contributed by atoms with van der Waals surface area (Å²) < 4.78 is 15.1. The number of benzene rings is 1. The number of pyridine rings is 1. The molecule has 0 spiro atoms. The highest BCUT2D eigenvalue weighted by molar-refractivity contribution is 5.94. The standard InChI is InChI=1S/C23H27FN4O/c1-22(2)13-17(14-23(3,4)27-22)25-21(29)20-26-19(15-8-10-16(24)11-9-15)18-7-5-6-12-28(18)20/h5-12,17,27H,13-14H2,1-4H3,(H,25,29). The lowest BCUT2D eigenvalue weighted by Crippen LogP contribution is -2.62. The van der Waals surface area contributed by atoms with Crippen LogP contribution in [0.4, 0.5) is 4.39 Å². The number of hydrogen-bond donors (Lipinski definition) is 2. The molecule has 0 bridgehead atoms. The lowest BCUT2D eigenvalue weighted by Gasteiger charge is -2.46. The van der Waals surface area contributed by atoms with Crippen LogP contribution in [-0.2, 0) is 0 Å². The molecule has 0 saturated carbocycles. The molecule has 4 rings (SSSR count). The number of carbonyl (C=O) groups excluding carboxylic acids is 1. The summed E-state index contributed by atoms with van der Waals surface area (Å²) in [6, 6.07) is 11.9. The predicted octanol–water partition coefficient (Wildman–Crippen LogP) is 4.18. The summed E-state index contributed by atoms with van der Waals surface area (Å²) in [5, 5.41) is 6.82. The van der Waals surface area contributed by atoms with Crippen LogP contribution in [0.3, 0.4) is 0 Å². The SMILES string of the molecule is CC1(C)CC(NC(=O)c2nc(-c3ccc(F)cc3)c3ccccn23)CC(C)(C)N1. The summed E-state index contributed by atoms with van der Waals surface area (Å²) in [5.41, 5.74) is 2.14. The molecule has 2 N–H and O–H groups in total. The molecule has 0 aliphatic carbocycles. The van der Waals surface area contributed by atoms with Crippen LogP contribution in [0.25, 0.3) is 16.8 Å². The molecule has 3 heterocycles. The number of nitrogens with one attached hydrogen (secondary N) is 2. The number of aromatic nitrogens is 2. The zero-order chi connectivity index (χ0) is 20.8. The van der Waals surface area contributed by atoms with Crippen LogP contribution in [0, 0.1) is 5.82 Å². The Labute approximate surface area is 170 Å². The number of nitrogens with zero attached hydrogens (tertiary/aromatic N) is 2. The highest BCUT2D eigenvalue weighted by atomic mass is 19.1. The number of hydrogen-bond acceptors (Lipinski definition) is 3. The largest absolute Gasteiger partial charge is 0.346 e. The van der Waals surface area contributed by atoms with Crippen molar-refractivity contribution in [3.63, 3.8) is 0 Å². The third-order valence-corrected chi connectivity index (χ3v) is 5.39. The second-order valence-corrected chi connectivity index (χ2v) is 9.22. The molecule has 0 radical (unpaired) electrons. The second kappa shape index (κ2) is 6.95. The van der Waals surface area contributed by atoms with E-state index >= 15 is 0 Å². The summed E-state index contributed by atoms with van der Waals surface area (Å²) in [5.74, 6) is -0.154. The highest BCUT2D eigenvalue weighted by Gasteiger charge is 2.38. The van der Waals surface area contributed by atoms with Crippen molar-refractivity contribution >= 4 is 11.4 Å². The molecule has 5 nitrogen and oxygen atoms in total. The number of fused-ring (bicyclic) bond motifs is 1. The normalized spacial score (nSPS) is 18.7. The average Bonchev–Trinajstić information content (AvgIpc) is 2.99. The third-order valence-electron chi connectivity index (χ3n) is 5.39. The van der Waals surface area contributed by atoms with Gasteiger partial charge in [-0.3, -0.25) is 9.20 Å². The van der Waals surface area contributed by atoms with Crippen molar-refractivity contribution in [1.82, 2.24) is 20.0 Å². The number of amides is 1. The Hall–Kier alpha value is -2.73. The molecule has 1 fully saturated rings. The number of rotatable bonds is 3. The van der Waals surface area contributed by atoms with Gasteiger partial charge >= 0.3 is 0 Å². The summed E-state index contributed by atoms with van der Waals surface area (Å²) in [4.78, 5) is 17.8. The minimum Gasteiger partial charge on any atom is -0.346 e. The van der Waals surface area contributed by atoms with Gasteiger partial charge in [-0.25, -0.2) is 9.37 Å². The summed E-state index contributed by atoms with van der Waals surface area (Å²) >= 11 is 0. The van der Waals surface area contributed by atoms with E-state index in [1.807, 2.05) is 24.4 Å². The fraction of sp³-hybridized carbons (Fsp3) is 0.391. The number of carbonyl (C=O) groups is 1. The van der Waals surface area contributed by atoms with Gasteiger partial charge in [0.1, 0.15) is 5.82 Å². The van der Waals surface area contributed by atoms with E-state index in [-0.39, 0.29) is 28.8 Å². The first-order valence-electron chi connectivity index (χ1n) is 9.97. The molecular formula is C23H27FN4O. The monoisotopic (exact) mass is 394 g/mol. The highest BCUT2D eigenvalue weighted by Crippen LogP contribution is 2.29. The first kappa shape index (κ1) is 19.6. The van der Waals surface area contributed by atoms with E-state index in [1.165, 1.54) is 12.1 Å². The minimum absolute atomic E-state index is 0.0547. The smallest absolute Gasteiger partial charge is 0.287 e. The van der Waals surface area contributed by atoms with Crippen LogP contribution in [-0.4, -0.2) is 32.4 Å². The maximum absolute atomic E-state index is 13.3. The number of halogens is 1. The topological polar surface area (TPSA) is 58.4 Å². The predicted molar refractivity (Wildman–Crippen MR) is 112 cm³/mol. The summed E-state index contributed by atoms with van der Waals surface area (Å²) in [6.45, 7) is 8.63. The summed E-state index contributed by atoms with van der Waals surface area (Å²) in [6.07, 6.45) is 3.52. The molecule has 1 saturated heterocycles. The number of imidazole rings is 1. The molecule has 29 heavy (non-hydrogen) atoms. The van der Waals surface area contributed by atoms with E-state index in [9.17, 15) is 9.18 Å². The molecule has 1 amide bonds. The Morgan fingerprint density at radius 2 is 1.76 bits per heavy atom. The molecular weight excluding hydrogens is 367 g/mol. The molecule has 152 valence electrons. The average molecular weight is 394 g/mol. The maximum Gasteiger partial charge on any atom is 0.287 e. The van der Waals surface area contributed by atoms with Crippen LogP contribution in [0.2, 0.25) is 0 Å². The van der Waals surface area contributed by atoms with Crippen LogP contribution >= 0.6 is 0 Å². The van der Waals surface area contributed by atoms with Crippen molar-refractivity contribution in [1.29, 1.82) is 0 Å². The van der Waals surface area contributed by atoms with Crippen molar-refractivity contribution in [2.75, 3.05) is 0 Å². The van der Waals surface area contributed by atoms with E-state index in [4.69, 9.17) is 0 Å². The Balaban J connectivity index is 1.67.